The molecule has 3 N–H and O–H groups in total. The van der Waals surface area contributed by atoms with Gasteiger partial charge in [0.1, 0.15) is 0 Å². The highest BCUT2D eigenvalue weighted by Gasteiger charge is 2.00. The van der Waals surface area contributed by atoms with Gasteiger partial charge in [-0.2, -0.15) is 0 Å². The molecule has 3 nitrogen and oxygen atoms in total. The first-order chi connectivity index (χ1) is 6.22. The molecule has 0 saturated carbocycles. The van der Waals surface area contributed by atoms with Crippen LogP contribution in [0.5, 0.6) is 0 Å². The van der Waals surface area contributed by atoms with Crippen molar-refractivity contribution >= 4 is 21.6 Å². The van der Waals surface area contributed by atoms with Crippen LogP contribution in [0.1, 0.15) is 0 Å². The summed E-state index contributed by atoms with van der Waals surface area (Å²) in [6.45, 7) is 0.133. The lowest BCUT2D eigenvalue weighted by molar-refractivity contribution is 0.105. The average Bonchev–Trinajstić information content (AvgIpc) is 2.14. The molecule has 0 saturated heterocycles. The van der Waals surface area contributed by atoms with E-state index in [-0.39, 0.29) is 6.61 Å². The molecule has 1 aromatic rings. The molecule has 0 fully saturated rings. The van der Waals surface area contributed by atoms with Crippen LogP contribution in [0.3, 0.4) is 0 Å². The zero-order valence-electron chi connectivity index (χ0n) is 7.07. The average molecular weight is 246 g/mol. The summed E-state index contributed by atoms with van der Waals surface area (Å²) in [7, 11) is 0. The quantitative estimate of drug-likeness (QED) is 0.748. The van der Waals surface area contributed by atoms with Gasteiger partial charge in [-0.3, -0.25) is 0 Å². The Morgan fingerprint density at radius 3 is 2.85 bits per heavy atom. The SMILES string of the molecule is OCC(O)CNc1cccc(Br)c1. The molecule has 4 heteroatoms. The fourth-order valence-corrected chi connectivity index (χ4v) is 1.30. The molecule has 0 heterocycles. The Hall–Kier alpha value is -0.580. The van der Waals surface area contributed by atoms with Crippen molar-refractivity contribution in [3.8, 4) is 0 Å². The summed E-state index contributed by atoms with van der Waals surface area (Å²) in [6.07, 6.45) is -0.709. The number of hydrogen-bond donors (Lipinski definition) is 3. The molecule has 0 amide bonds. The number of aliphatic hydroxyl groups is 2. The first-order valence-corrected chi connectivity index (χ1v) is 4.80. The van der Waals surface area contributed by atoms with E-state index >= 15 is 0 Å². The van der Waals surface area contributed by atoms with Gasteiger partial charge in [-0.05, 0) is 18.2 Å². The third-order valence-electron chi connectivity index (χ3n) is 1.58. The van der Waals surface area contributed by atoms with Gasteiger partial charge in [-0.25, -0.2) is 0 Å². The minimum atomic E-state index is -0.709. The van der Waals surface area contributed by atoms with E-state index < -0.39 is 6.10 Å². The molecule has 72 valence electrons. The fraction of sp³-hybridized carbons (Fsp3) is 0.333. The summed E-state index contributed by atoms with van der Waals surface area (Å²) < 4.78 is 0.982. The zero-order chi connectivity index (χ0) is 9.68. The molecule has 13 heavy (non-hydrogen) atoms. The zero-order valence-corrected chi connectivity index (χ0v) is 8.66. The molecule has 0 bridgehead atoms. The van der Waals surface area contributed by atoms with Crippen molar-refractivity contribution in [2.45, 2.75) is 6.10 Å². The summed E-state index contributed by atoms with van der Waals surface area (Å²) in [6, 6.07) is 7.63. The van der Waals surface area contributed by atoms with Gasteiger partial charge >= 0.3 is 0 Å². The number of benzene rings is 1. The molecule has 1 atom stereocenters. The molecular weight excluding hydrogens is 234 g/mol. The van der Waals surface area contributed by atoms with Crippen LogP contribution in [-0.2, 0) is 0 Å². The summed E-state index contributed by atoms with van der Waals surface area (Å²) >= 11 is 3.33. The first kappa shape index (κ1) is 10.5. The van der Waals surface area contributed by atoms with E-state index in [1.165, 1.54) is 0 Å². The Morgan fingerprint density at radius 2 is 2.23 bits per heavy atom. The summed E-state index contributed by atoms with van der Waals surface area (Å²) in [4.78, 5) is 0. The molecule has 0 spiro atoms. The predicted octanol–water partition coefficient (Wildman–Crippen LogP) is 1.21. The highest BCUT2D eigenvalue weighted by atomic mass is 79.9. The Labute approximate surface area is 85.5 Å². The van der Waals surface area contributed by atoms with E-state index in [2.05, 4.69) is 21.2 Å². The highest BCUT2D eigenvalue weighted by molar-refractivity contribution is 9.10. The van der Waals surface area contributed by atoms with Crippen LogP contribution in [0.4, 0.5) is 5.69 Å². The molecule has 0 aliphatic carbocycles. The Kier molecular flexibility index (Phi) is 4.21. The molecular formula is C9H12BrNO2. The summed E-state index contributed by atoms with van der Waals surface area (Å²) in [5.74, 6) is 0. The third kappa shape index (κ3) is 3.76. The second kappa shape index (κ2) is 5.21. The summed E-state index contributed by atoms with van der Waals surface area (Å²) in [5.41, 5.74) is 0.918. The van der Waals surface area contributed by atoms with Crippen LogP contribution < -0.4 is 5.32 Å². The van der Waals surface area contributed by atoms with Gasteiger partial charge in [0, 0.05) is 16.7 Å². The van der Waals surface area contributed by atoms with Crippen LogP contribution in [0, 0.1) is 0 Å². The standard InChI is InChI=1S/C9H12BrNO2/c10-7-2-1-3-8(4-7)11-5-9(13)6-12/h1-4,9,11-13H,5-6H2. The molecule has 0 aliphatic heterocycles. The van der Waals surface area contributed by atoms with E-state index in [9.17, 15) is 0 Å². The lowest BCUT2D eigenvalue weighted by atomic mass is 10.3. The minimum Gasteiger partial charge on any atom is -0.394 e. The third-order valence-corrected chi connectivity index (χ3v) is 2.07. The van der Waals surface area contributed by atoms with Gasteiger partial charge in [0.15, 0.2) is 0 Å². The second-order valence-corrected chi connectivity index (χ2v) is 3.64. The van der Waals surface area contributed by atoms with Crippen LogP contribution >= 0.6 is 15.9 Å². The second-order valence-electron chi connectivity index (χ2n) is 2.73. The van der Waals surface area contributed by atoms with Gasteiger partial charge in [-0.15, -0.1) is 0 Å². The van der Waals surface area contributed by atoms with Crippen molar-refractivity contribution in [3.63, 3.8) is 0 Å². The van der Waals surface area contributed by atoms with E-state index in [1.807, 2.05) is 24.3 Å². The molecule has 1 aromatic carbocycles. The summed E-state index contributed by atoms with van der Waals surface area (Å²) in [5, 5.41) is 20.6. The Balaban J connectivity index is 2.45. The number of nitrogens with one attached hydrogen (secondary N) is 1. The minimum absolute atomic E-state index is 0.221. The van der Waals surface area contributed by atoms with Crippen LogP contribution in [0.25, 0.3) is 0 Å². The maximum Gasteiger partial charge on any atom is 0.0942 e. The van der Waals surface area contributed by atoms with Crippen molar-refractivity contribution in [3.05, 3.63) is 28.7 Å². The lowest BCUT2D eigenvalue weighted by Gasteiger charge is -2.09. The molecule has 0 aromatic heterocycles. The van der Waals surface area contributed by atoms with Gasteiger partial charge in [0.25, 0.3) is 0 Å². The van der Waals surface area contributed by atoms with Gasteiger partial charge in [-0.1, -0.05) is 22.0 Å². The van der Waals surface area contributed by atoms with Crippen molar-refractivity contribution in [2.75, 3.05) is 18.5 Å². The van der Waals surface area contributed by atoms with Crippen molar-refractivity contribution in [1.29, 1.82) is 0 Å². The molecule has 0 aliphatic rings. The Bertz CT molecular complexity index is 268. The van der Waals surface area contributed by atoms with E-state index in [1.54, 1.807) is 0 Å². The van der Waals surface area contributed by atoms with Crippen LogP contribution in [-0.4, -0.2) is 29.5 Å². The normalized spacial score (nSPS) is 12.5. The number of aliphatic hydroxyl groups excluding tert-OH is 2. The van der Waals surface area contributed by atoms with Gasteiger partial charge < -0.3 is 15.5 Å². The van der Waals surface area contributed by atoms with Gasteiger partial charge in [0.05, 0.1) is 12.7 Å². The topological polar surface area (TPSA) is 52.5 Å². The fourth-order valence-electron chi connectivity index (χ4n) is 0.899. The first-order valence-electron chi connectivity index (χ1n) is 4.00. The lowest BCUT2D eigenvalue weighted by Crippen LogP contribution is -2.22. The number of hydrogen-bond acceptors (Lipinski definition) is 3. The Morgan fingerprint density at radius 1 is 1.46 bits per heavy atom. The monoisotopic (exact) mass is 245 g/mol. The largest absolute Gasteiger partial charge is 0.394 e. The van der Waals surface area contributed by atoms with Crippen molar-refractivity contribution < 1.29 is 10.2 Å². The van der Waals surface area contributed by atoms with E-state index in [4.69, 9.17) is 10.2 Å². The number of anilines is 1. The number of halogens is 1. The molecule has 0 radical (unpaired) electrons. The van der Waals surface area contributed by atoms with Crippen molar-refractivity contribution in [2.24, 2.45) is 0 Å². The number of rotatable bonds is 4. The smallest absolute Gasteiger partial charge is 0.0942 e. The highest BCUT2D eigenvalue weighted by Crippen LogP contribution is 2.15. The van der Waals surface area contributed by atoms with E-state index in [0.29, 0.717) is 6.54 Å². The van der Waals surface area contributed by atoms with Gasteiger partial charge in [0.2, 0.25) is 0 Å². The van der Waals surface area contributed by atoms with Crippen LogP contribution in [0.15, 0.2) is 28.7 Å². The molecule has 1 unspecified atom stereocenters. The maximum absolute atomic E-state index is 9.06. The van der Waals surface area contributed by atoms with Crippen LogP contribution in [0.2, 0.25) is 0 Å². The molecule has 1 rings (SSSR count). The maximum atomic E-state index is 9.06. The predicted molar refractivity (Wildman–Crippen MR) is 55.7 cm³/mol. The van der Waals surface area contributed by atoms with E-state index in [0.717, 1.165) is 10.2 Å². The van der Waals surface area contributed by atoms with Crippen molar-refractivity contribution in [1.82, 2.24) is 0 Å².